The predicted molar refractivity (Wildman–Crippen MR) is 120 cm³/mol. The summed E-state index contributed by atoms with van der Waals surface area (Å²) >= 11 is 1.42. The zero-order valence-corrected chi connectivity index (χ0v) is 18.7. The first-order chi connectivity index (χ1) is 15.5. The van der Waals surface area contributed by atoms with Crippen molar-refractivity contribution in [3.63, 3.8) is 0 Å². The number of piperidine rings is 1. The average molecular weight is 453 g/mol. The largest absolute Gasteiger partial charge is 0.492 e. The van der Waals surface area contributed by atoms with Gasteiger partial charge in [-0.05, 0) is 50.6 Å². The highest BCUT2D eigenvalue weighted by molar-refractivity contribution is 7.17. The average Bonchev–Trinajstić information content (AvgIpc) is 3.54. The lowest BCUT2D eigenvalue weighted by Gasteiger charge is -2.36. The van der Waals surface area contributed by atoms with Gasteiger partial charge < -0.3 is 14.3 Å². The third-order valence-corrected chi connectivity index (χ3v) is 7.08. The molecule has 4 heterocycles. The Morgan fingerprint density at radius 3 is 2.62 bits per heavy atom. The van der Waals surface area contributed by atoms with Crippen LogP contribution in [0.1, 0.15) is 34.9 Å². The molecule has 0 saturated carbocycles. The Balaban J connectivity index is 1.51. The summed E-state index contributed by atoms with van der Waals surface area (Å²) in [5.74, 6) is 0.844. The monoisotopic (exact) mass is 452 g/mol. The van der Waals surface area contributed by atoms with E-state index in [0.29, 0.717) is 16.5 Å². The van der Waals surface area contributed by atoms with E-state index in [2.05, 4.69) is 46.2 Å². The summed E-state index contributed by atoms with van der Waals surface area (Å²) in [6.45, 7) is 3.50. The van der Waals surface area contributed by atoms with Crippen molar-refractivity contribution in [1.29, 1.82) is 0 Å². The maximum Gasteiger partial charge on any atom is 0.308 e. The number of fused-ring (bicyclic) bond motifs is 1. The second-order valence-electron chi connectivity index (χ2n) is 8.04. The fourth-order valence-corrected chi connectivity index (χ4v) is 5.39. The van der Waals surface area contributed by atoms with Crippen LogP contribution in [0.15, 0.2) is 47.1 Å². The molecule has 8 nitrogen and oxygen atoms in total. The van der Waals surface area contributed by atoms with Crippen LogP contribution < -0.4 is 0 Å². The minimum absolute atomic E-state index is 0.0796. The fourth-order valence-electron chi connectivity index (χ4n) is 4.28. The standard InChI is InChI=1S/C23H24N4O4S/c1-14-5-7-15(8-6-14)18(26-11-9-16(10-12-26)22(29)30-2)19-21(28)27-23(32-19)24-20(25-27)17-4-3-13-31-17/h3-8,13,16,18,28H,9-12H2,1-2H3. The van der Waals surface area contributed by atoms with Gasteiger partial charge in [0.05, 0.1) is 30.2 Å². The molecule has 0 spiro atoms. The molecule has 1 unspecified atom stereocenters. The summed E-state index contributed by atoms with van der Waals surface area (Å²) in [6, 6.07) is 11.7. The minimum Gasteiger partial charge on any atom is -0.492 e. The number of likely N-dealkylation sites (tertiary alicyclic amines) is 1. The molecular weight excluding hydrogens is 428 g/mol. The van der Waals surface area contributed by atoms with Crippen molar-refractivity contribution in [2.45, 2.75) is 25.8 Å². The maximum absolute atomic E-state index is 12.0. The van der Waals surface area contributed by atoms with Crippen LogP contribution in [0.4, 0.5) is 0 Å². The van der Waals surface area contributed by atoms with E-state index in [1.54, 1.807) is 18.4 Å². The molecule has 4 aromatic rings. The van der Waals surface area contributed by atoms with Gasteiger partial charge in [-0.1, -0.05) is 41.2 Å². The van der Waals surface area contributed by atoms with Crippen LogP contribution in [0.5, 0.6) is 5.88 Å². The highest BCUT2D eigenvalue weighted by Gasteiger charge is 2.34. The number of aromatic nitrogens is 3. The highest BCUT2D eigenvalue weighted by Crippen LogP contribution is 2.41. The van der Waals surface area contributed by atoms with E-state index >= 15 is 0 Å². The van der Waals surface area contributed by atoms with Gasteiger partial charge in [0, 0.05) is 0 Å². The number of thiazole rings is 1. The first-order valence-electron chi connectivity index (χ1n) is 10.6. The lowest BCUT2D eigenvalue weighted by Crippen LogP contribution is -2.39. The van der Waals surface area contributed by atoms with Crippen LogP contribution in [0, 0.1) is 12.8 Å². The molecule has 5 rings (SSSR count). The molecule has 0 amide bonds. The summed E-state index contributed by atoms with van der Waals surface area (Å²) in [6.07, 6.45) is 3.01. The molecule has 0 aliphatic carbocycles. The van der Waals surface area contributed by atoms with E-state index in [1.807, 2.05) is 0 Å². The molecule has 32 heavy (non-hydrogen) atoms. The highest BCUT2D eigenvalue weighted by atomic mass is 32.1. The second kappa shape index (κ2) is 8.40. The number of ether oxygens (including phenoxy) is 1. The molecule has 1 fully saturated rings. The van der Waals surface area contributed by atoms with E-state index in [0.717, 1.165) is 36.4 Å². The molecule has 1 aliphatic heterocycles. The van der Waals surface area contributed by atoms with E-state index in [-0.39, 0.29) is 23.8 Å². The summed E-state index contributed by atoms with van der Waals surface area (Å²) in [5.41, 5.74) is 2.25. The summed E-state index contributed by atoms with van der Waals surface area (Å²) in [7, 11) is 1.44. The zero-order chi connectivity index (χ0) is 22.2. The Kier molecular flexibility index (Phi) is 5.44. The van der Waals surface area contributed by atoms with Crippen LogP contribution in [-0.4, -0.2) is 50.8 Å². The Morgan fingerprint density at radius 1 is 1.25 bits per heavy atom. The summed E-state index contributed by atoms with van der Waals surface area (Å²) in [4.78, 5) is 20.2. The quantitative estimate of drug-likeness (QED) is 0.457. The molecule has 9 heteroatoms. The zero-order valence-electron chi connectivity index (χ0n) is 17.9. The molecule has 0 bridgehead atoms. The van der Waals surface area contributed by atoms with Crippen LogP contribution in [0.2, 0.25) is 0 Å². The molecule has 3 aromatic heterocycles. The van der Waals surface area contributed by atoms with E-state index < -0.39 is 0 Å². The number of carbonyl (C=O) groups excluding carboxylic acids is 1. The molecule has 0 radical (unpaired) electrons. The fraction of sp³-hybridized carbons (Fsp3) is 0.348. The molecule has 1 aliphatic rings. The normalized spacial score (nSPS) is 16.4. The molecule has 1 aromatic carbocycles. The van der Waals surface area contributed by atoms with Crippen molar-refractivity contribution in [2.24, 2.45) is 5.92 Å². The second-order valence-corrected chi connectivity index (χ2v) is 9.05. The van der Waals surface area contributed by atoms with Crippen molar-refractivity contribution in [3.8, 4) is 17.5 Å². The number of esters is 1. The first kappa shape index (κ1) is 20.7. The molecule has 1 N–H and O–H groups in total. The summed E-state index contributed by atoms with van der Waals surface area (Å²) < 4.78 is 11.8. The number of furan rings is 1. The van der Waals surface area contributed by atoms with Crippen molar-refractivity contribution < 1.29 is 19.1 Å². The van der Waals surface area contributed by atoms with Gasteiger partial charge in [0.1, 0.15) is 0 Å². The van der Waals surface area contributed by atoms with Gasteiger partial charge in [-0.15, -0.1) is 5.10 Å². The third kappa shape index (κ3) is 3.67. The van der Waals surface area contributed by atoms with Gasteiger partial charge in [0.15, 0.2) is 5.76 Å². The van der Waals surface area contributed by atoms with Crippen LogP contribution in [0.25, 0.3) is 16.5 Å². The minimum atomic E-state index is -0.158. The van der Waals surface area contributed by atoms with E-state index in [4.69, 9.17) is 9.15 Å². The van der Waals surface area contributed by atoms with Crippen molar-refractivity contribution >= 4 is 22.3 Å². The van der Waals surface area contributed by atoms with Gasteiger partial charge in [-0.3, -0.25) is 9.69 Å². The number of aryl methyl sites for hydroxylation is 1. The Labute approximate surface area is 189 Å². The third-order valence-electron chi connectivity index (χ3n) is 6.01. The van der Waals surface area contributed by atoms with Crippen molar-refractivity contribution in [1.82, 2.24) is 19.5 Å². The number of carbonyl (C=O) groups is 1. The number of nitrogens with zero attached hydrogens (tertiary/aromatic N) is 4. The van der Waals surface area contributed by atoms with Crippen molar-refractivity contribution in [3.05, 3.63) is 58.7 Å². The SMILES string of the molecule is COC(=O)C1CCN(C(c2ccc(C)cc2)c2sc3nc(-c4ccco4)nn3c2O)CC1. The lowest BCUT2D eigenvalue weighted by atomic mass is 9.93. The maximum atomic E-state index is 12.0. The number of methoxy groups -OCH3 is 1. The van der Waals surface area contributed by atoms with Crippen LogP contribution >= 0.6 is 11.3 Å². The number of aromatic hydroxyl groups is 1. The molecule has 1 atom stereocenters. The molecular formula is C23H24N4O4S. The topological polar surface area (TPSA) is 93.1 Å². The van der Waals surface area contributed by atoms with Gasteiger partial charge in [-0.2, -0.15) is 9.50 Å². The Hall–Kier alpha value is -3.17. The van der Waals surface area contributed by atoms with Gasteiger partial charge >= 0.3 is 5.97 Å². The lowest BCUT2D eigenvalue weighted by molar-refractivity contribution is -0.147. The Morgan fingerprint density at radius 2 is 2.00 bits per heavy atom. The number of rotatable bonds is 5. The number of hydrogen-bond donors (Lipinski definition) is 1. The van der Waals surface area contributed by atoms with Crippen molar-refractivity contribution in [2.75, 3.05) is 20.2 Å². The first-order valence-corrected chi connectivity index (χ1v) is 11.4. The number of hydrogen-bond acceptors (Lipinski definition) is 8. The van der Waals surface area contributed by atoms with E-state index in [1.165, 1.54) is 28.5 Å². The molecule has 166 valence electrons. The van der Waals surface area contributed by atoms with Gasteiger partial charge in [0.2, 0.25) is 16.7 Å². The predicted octanol–water partition coefficient (Wildman–Crippen LogP) is 4.04. The number of benzene rings is 1. The smallest absolute Gasteiger partial charge is 0.308 e. The van der Waals surface area contributed by atoms with Gasteiger partial charge in [0.25, 0.3) is 0 Å². The van der Waals surface area contributed by atoms with E-state index in [9.17, 15) is 9.90 Å². The van der Waals surface area contributed by atoms with Crippen LogP contribution in [-0.2, 0) is 9.53 Å². The Bertz CT molecular complexity index is 1220. The molecule has 1 saturated heterocycles. The van der Waals surface area contributed by atoms with Gasteiger partial charge in [-0.25, -0.2) is 0 Å². The van der Waals surface area contributed by atoms with Crippen LogP contribution in [0.3, 0.4) is 0 Å². The summed E-state index contributed by atoms with van der Waals surface area (Å²) in [5, 5.41) is 15.6.